The van der Waals surface area contributed by atoms with Crippen LogP contribution in [0.15, 0.2) is 24.3 Å². The maximum atomic E-state index is 12.8. The highest BCUT2D eigenvalue weighted by Crippen LogP contribution is 2.34. The SMILES string of the molecule is CCOC(=O)C(=O)Nc1sc(C(=O)Nc2cccc(OC)c2)c(C)c1C(=O)OCC. The lowest BCUT2D eigenvalue weighted by Crippen LogP contribution is -2.25. The monoisotopic (exact) mass is 434 g/mol. The molecule has 30 heavy (non-hydrogen) atoms. The second-order valence-electron chi connectivity index (χ2n) is 5.84. The fourth-order valence-corrected chi connectivity index (χ4v) is 3.59. The Balaban J connectivity index is 2.37. The number of benzene rings is 1. The summed E-state index contributed by atoms with van der Waals surface area (Å²) in [4.78, 5) is 49.1. The first kappa shape index (κ1) is 22.9. The van der Waals surface area contributed by atoms with Crippen LogP contribution in [0, 0.1) is 6.92 Å². The van der Waals surface area contributed by atoms with Crippen LogP contribution in [0.25, 0.3) is 0 Å². The number of anilines is 2. The molecule has 10 heteroatoms. The molecule has 0 radical (unpaired) electrons. The van der Waals surface area contributed by atoms with Crippen molar-refractivity contribution in [3.8, 4) is 5.75 Å². The number of carbonyl (C=O) groups excluding carboxylic acids is 4. The highest BCUT2D eigenvalue weighted by atomic mass is 32.1. The largest absolute Gasteiger partial charge is 0.497 e. The zero-order chi connectivity index (χ0) is 22.3. The first-order chi connectivity index (χ1) is 14.3. The van der Waals surface area contributed by atoms with Gasteiger partial charge in [0.05, 0.1) is 30.8 Å². The van der Waals surface area contributed by atoms with Gasteiger partial charge in [0.2, 0.25) is 0 Å². The summed E-state index contributed by atoms with van der Waals surface area (Å²) in [7, 11) is 1.51. The van der Waals surface area contributed by atoms with Crippen molar-refractivity contribution in [1.82, 2.24) is 0 Å². The molecule has 2 aromatic rings. The molecular weight excluding hydrogens is 412 g/mol. The predicted octanol–water partition coefficient (Wildman–Crippen LogP) is 3.00. The second kappa shape index (κ2) is 10.4. The lowest BCUT2D eigenvalue weighted by atomic mass is 10.1. The third kappa shape index (κ3) is 5.35. The lowest BCUT2D eigenvalue weighted by Gasteiger charge is -2.07. The fraction of sp³-hybridized carbons (Fsp3) is 0.300. The quantitative estimate of drug-likeness (QED) is 0.508. The summed E-state index contributed by atoms with van der Waals surface area (Å²) < 4.78 is 14.8. The Morgan fingerprint density at radius 1 is 1.03 bits per heavy atom. The fourth-order valence-electron chi connectivity index (χ4n) is 2.51. The van der Waals surface area contributed by atoms with Gasteiger partial charge in [-0.3, -0.25) is 9.59 Å². The van der Waals surface area contributed by atoms with Gasteiger partial charge in [0, 0.05) is 11.8 Å². The first-order valence-electron chi connectivity index (χ1n) is 9.06. The average Bonchev–Trinajstić information content (AvgIpc) is 3.04. The lowest BCUT2D eigenvalue weighted by molar-refractivity contribution is -0.152. The van der Waals surface area contributed by atoms with E-state index in [0.29, 0.717) is 17.0 Å². The molecule has 2 rings (SSSR count). The van der Waals surface area contributed by atoms with E-state index < -0.39 is 23.8 Å². The molecule has 9 nitrogen and oxygen atoms in total. The molecule has 1 aromatic heterocycles. The molecule has 160 valence electrons. The molecule has 0 saturated heterocycles. The van der Waals surface area contributed by atoms with Crippen molar-refractivity contribution in [3.05, 3.63) is 40.3 Å². The van der Waals surface area contributed by atoms with Crippen LogP contribution in [0.5, 0.6) is 5.75 Å². The topological polar surface area (TPSA) is 120 Å². The minimum Gasteiger partial charge on any atom is -0.497 e. The third-order valence-corrected chi connectivity index (χ3v) is 5.05. The summed E-state index contributed by atoms with van der Waals surface area (Å²) in [5.41, 5.74) is 0.815. The van der Waals surface area contributed by atoms with E-state index in [-0.39, 0.29) is 28.7 Å². The maximum Gasteiger partial charge on any atom is 0.397 e. The molecule has 0 aliphatic heterocycles. The zero-order valence-corrected chi connectivity index (χ0v) is 17.8. The molecule has 2 N–H and O–H groups in total. The molecule has 0 bridgehead atoms. The Morgan fingerprint density at radius 2 is 1.73 bits per heavy atom. The van der Waals surface area contributed by atoms with Crippen molar-refractivity contribution >= 4 is 45.8 Å². The van der Waals surface area contributed by atoms with Crippen LogP contribution in [0.1, 0.15) is 39.4 Å². The van der Waals surface area contributed by atoms with Crippen LogP contribution in [-0.2, 0) is 19.1 Å². The number of amides is 2. The van der Waals surface area contributed by atoms with Crippen molar-refractivity contribution in [3.63, 3.8) is 0 Å². The van der Waals surface area contributed by atoms with Gasteiger partial charge in [0.25, 0.3) is 5.91 Å². The van der Waals surface area contributed by atoms with Gasteiger partial charge >= 0.3 is 17.8 Å². The molecule has 0 fully saturated rings. The number of esters is 2. The summed E-state index contributed by atoms with van der Waals surface area (Å²) in [6, 6.07) is 6.76. The molecule has 0 aliphatic carbocycles. The van der Waals surface area contributed by atoms with Crippen molar-refractivity contribution < 1.29 is 33.4 Å². The average molecular weight is 434 g/mol. The zero-order valence-electron chi connectivity index (χ0n) is 17.0. The van der Waals surface area contributed by atoms with Crippen LogP contribution in [0.4, 0.5) is 10.7 Å². The Morgan fingerprint density at radius 3 is 2.37 bits per heavy atom. The van der Waals surface area contributed by atoms with E-state index >= 15 is 0 Å². The van der Waals surface area contributed by atoms with E-state index in [4.69, 9.17) is 9.47 Å². The number of hydrogen-bond acceptors (Lipinski definition) is 8. The van der Waals surface area contributed by atoms with Crippen LogP contribution in [0.2, 0.25) is 0 Å². The molecule has 0 unspecified atom stereocenters. The minimum absolute atomic E-state index is 0.00953. The summed E-state index contributed by atoms with van der Waals surface area (Å²) in [6.07, 6.45) is 0. The minimum atomic E-state index is -1.10. The number of methoxy groups -OCH3 is 1. The number of rotatable bonds is 7. The van der Waals surface area contributed by atoms with E-state index in [1.807, 2.05) is 0 Å². The number of nitrogens with one attached hydrogen (secondary N) is 2. The van der Waals surface area contributed by atoms with Crippen molar-refractivity contribution in [1.29, 1.82) is 0 Å². The van der Waals surface area contributed by atoms with Gasteiger partial charge in [-0.25, -0.2) is 9.59 Å². The molecule has 0 saturated carbocycles. The number of carbonyl (C=O) groups is 4. The molecule has 2 amide bonds. The molecule has 1 aromatic carbocycles. The Kier molecular flexibility index (Phi) is 7.93. The van der Waals surface area contributed by atoms with Crippen LogP contribution >= 0.6 is 11.3 Å². The van der Waals surface area contributed by atoms with Crippen LogP contribution in [-0.4, -0.2) is 44.1 Å². The Bertz CT molecular complexity index is 968. The molecule has 0 atom stereocenters. The summed E-state index contributed by atoms with van der Waals surface area (Å²) in [6.45, 7) is 4.88. The number of ether oxygens (including phenoxy) is 3. The normalized spacial score (nSPS) is 10.1. The summed E-state index contributed by atoms with van der Waals surface area (Å²) in [5.74, 6) is -2.80. The third-order valence-electron chi connectivity index (χ3n) is 3.85. The van der Waals surface area contributed by atoms with Gasteiger partial charge in [0.1, 0.15) is 10.8 Å². The van der Waals surface area contributed by atoms with Crippen molar-refractivity contribution in [2.75, 3.05) is 31.0 Å². The van der Waals surface area contributed by atoms with Crippen molar-refractivity contribution in [2.45, 2.75) is 20.8 Å². The van der Waals surface area contributed by atoms with E-state index in [0.717, 1.165) is 11.3 Å². The van der Waals surface area contributed by atoms with Gasteiger partial charge in [-0.15, -0.1) is 11.3 Å². The number of thiophene rings is 1. The summed E-state index contributed by atoms with van der Waals surface area (Å²) in [5, 5.41) is 5.08. The van der Waals surface area contributed by atoms with E-state index in [9.17, 15) is 19.2 Å². The van der Waals surface area contributed by atoms with Crippen LogP contribution < -0.4 is 15.4 Å². The highest BCUT2D eigenvalue weighted by Gasteiger charge is 2.28. The van der Waals surface area contributed by atoms with E-state index in [1.54, 1.807) is 45.0 Å². The highest BCUT2D eigenvalue weighted by molar-refractivity contribution is 7.19. The predicted molar refractivity (Wildman–Crippen MR) is 111 cm³/mol. The molecule has 0 aliphatic rings. The Hall–Kier alpha value is -3.40. The van der Waals surface area contributed by atoms with E-state index in [1.165, 1.54) is 7.11 Å². The smallest absolute Gasteiger partial charge is 0.397 e. The van der Waals surface area contributed by atoms with Gasteiger partial charge in [-0.05, 0) is 38.5 Å². The Labute approximate surface area is 177 Å². The summed E-state index contributed by atoms with van der Waals surface area (Å²) >= 11 is 0.858. The number of hydrogen-bond donors (Lipinski definition) is 2. The van der Waals surface area contributed by atoms with Crippen LogP contribution in [0.3, 0.4) is 0 Å². The maximum absolute atomic E-state index is 12.8. The van der Waals surface area contributed by atoms with Gasteiger partial charge in [0.15, 0.2) is 0 Å². The standard InChI is InChI=1S/C20H22N2O7S/c1-5-28-19(25)14-11(3)15(30-18(14)22-17(24)20(26)29-6-2)16(23)21-12-8-7-9-13(10-12)27-4/h7-10H,5-6H2,1-4H3,(H,21,23)(H,22,24). The second-order valence-corrected chi connectivity index (χ2v) is 6.86. The van der Waals surface area contributed by atoms with Gasteiger partial charge in [-0.2, -0.15) is 0 Å². The van der Waals surface area contributed by atoms with Crippen molar-refractivity contribution in [2.24, 2.45) is 0 Å². The molecule has 0 spiro atoms. The van der Waals surface area contributed by atoms with E-state index in [2.05, 4.69) is 15.4 Å². The molecular formula is C20H22N2O7S. The van der Waals surface area contributed by atoms with Gasteiger partial charge < -0.3 is 24.8 Å². The molecule has 1 heterocycles. The first-order valence-corrected chi connectivity index (χ1v) is 9.87. The van der Waals surface area contributed by atoms with Gasteiger partial charge in [-0.1, -0.05) is 6.07 Å².